The molecular formula is C15H19N5O2. The van der Waals surface area contributed by atoms with Gasteiger partial charge in [-0.1, -0.05) is 6.08 Å². The first-order chi connectivity index (χ1) is 10.3. The zero-order valence-corrected chi connectivity index (χ0v) is 12.9. The van der Waals surface area contributed by atoms with Crippen molar-refractivity contribution in [2.45, 2.75) is 26.3 Å². The molecule has 0 bridgehead atoms. The van der Waals surface area contributed by atoms with E-state index in [4.69, 9.17) is 0 Å². The molecule has 2 aromatic rings. The number of hydrogen-bond acceptors (Lipinski definition) is 6. The molecule has 0 radical (unpaired) electrons. The minimum atomic E-state index is -0.426. The highest BCUT2D eigenvalue weighted by Gasteiger charge is 2.17. The van der Waals surface area contributed by atoms with Crippen molar-refractivity contribution in [1.82, 2.24) is 9.97 Å². The lowest BCUT2D eigenvalue weighted by Crippen LogP contribution is -2.27. The lowest BCUT2D eigenvalue weighted by molar-refractivity contribution is -0.384. The Morgan fingerprint density at radius 2 is 2.09 bits per heavy atom. The van der Waals surface area contributed by atoms with Gasteiger partial charge in [-0.05, 0) is 26.8 Å². The van der Waals surface area contributed by atoms with Crippen LogP contribution in [0.1, 0.15) is 20.8 Å². The van der Waals surface area contributed by atoms with Crippen LogP contribution in [0, 0.1) is 10.1 Å². The average Bonchev–Trinajstić information content (AvgIpc) is 2.43. The number of nitrogens with zero attached hydrogens (tertiary/aromatic N) is 3. The maximum atomic E-state index is 11.0. The second-order valence-electron chi connectivity index (χ2n) is 5.90. The summed E-state index contributed by atoms with van der Waals surface area (Å²) in [6.07, 6.45) is 1.71. The zero-order valence-electron chi connectivity index (χ0n) is 12.9. The van der Waals surface area contributed by atoms with Crippen LogP contribution in [0.25, 0.3) is 10.9 Å². The summed E-state index contributed by atoms with van der Waals surface area (Å²) in [4.78, 5) is 19.3. The highest BCUT2D eigenvalue weighted by Crippen LogP contribution is 2.28. The Hall–Kier alpha value is -2.70. The molecule has 0 aliphatic rings. The Kier molecular flexibility index (Phi) is 4.25. The van der Waals surface area contributed by atoms with Crippen LogP contribution in [0.3, 0.4) is 0 Å². The Bertz CT molecular complexity index is 722. The van der Waals surface area contributed by atoms with Crippen LogP contribution in [0.4, 0.5) is 17.5 Å². The standard InChI is InChI=1S/C15H19N5O2/c1-5-8-16-14-17-12-7-6-10(20(21)22)9-11(12)13(18-14)19-15(2,3)4/h5-7,9H,1,8H2,2-4H3,(H2,16,17,18,19). The van der Waals surface area contributed by atoms with Gasteiger partial charge in [0.1, 0.15) is 5.82 Å². The van der Waals surface area contributed by atoms with E-state index in [0.29, 0.717) is 29.2 Å². The topological polar surface area (TPSA) is 93.0 Å². The largest absolute Gasteiger partial charge is 0.365 e. The molecule has 1 heterocycles. The SMILES string of the molecule is C=CCNc1nc(NC(C)(C)C)c2cc([N+](=O)[O-])ccc2n1. The van der Waals surface area contributed by atoms with Crippen molar-refractivity contribution in [3.63, 3.8) is 0 Å². The molecule has 0 atom stereocenters. The smallest absolute Gasteiger partial charge is 0.270 e. The van der Waals surface area contributed by atoms with E-state index >= 15 is 0 Å². The van der Waals surface area contributed by atoms with Crippen molar-refractivity contribution in [3.8, 4) is 0 Å². The van der Waals surface area contributed by atoms with Crippen molar-refractivity contribution >= 4 is 28.4 Å². The van der Waals surface area contributed by atoms with E-state index in [9.17, 15) is 10.1 Å². The number of rotatable bonds is 5. The third-order valence-corrected chi connectivity index (χ3v) is 2.79. The van der Waals surface area contributed by atoms with Crippen molar-refractivity contribution in [2.24, 2.45) is 0 Å². The highest BCUT2D eigenvalue weighted by molar-refractivity contribution is 5.92. The molecule has 2 N–H and O–H groups in total. The monoisotopic (exact) mass is 301 g/mol. The van der Waals surface area contributed by atoms with Crippen LogP contribution in [0.5, 0.6) is 0 Å². The number of fused-ring (bicyclic) bond motifs is 1. The molecule has 0 spiro atoms. The summed E-state index contributed by atoms with van der Waals surface area (Å²) >= 11 is 0. The molecule has 0 amide bonds. The Morgan fingerprint density at radius 3 is 2.68 bits per heavy atom. The summed E-state index contributed by atoms with van der Waals surface area (Å²) in [6, 6.07) is 4.55. The second kappa shape index (κ2) is 5.97. The van der Waals surface area contributed by atoms with Gasteiger partial charge >= 0.3 is 0 Å². The molecule has 0 fully saturated rings. The van der Waals surface area contributed by atoms with Crippen LogP contribution < -0.4 is 10.6 Å². The molecule has 0 unspecified atom stereocenters. The highest BCUT2D eigenvalue weighted by atomic mass is 16.6. The molecule has 0 aliphatic heterocycles. The van der Waals surface area contributed by atoms with Gasteiger partial charge in [-0.2, -0.15) is 4.98 Å². The van der Waals surface area contributed by atoms with Gasteiger partial charge in [-0.3, -0.25) is 10.1 Å². The van der Waals surface area contributed by atoms with E-state index in [2.05, 4.69) is 27.2 Å². The zero-order chi connectivity index (χ0) is 16.3. The van der Waals surface area contributed by atoms with Gasteiger partial charge in [0.25, 0.3) is 5.69 Å². The van der Waals surface area contributed by atoms with E-state index in [0.717, 1.165) is 0 Å². The van der Waals surface area contributed by atoms with Crippen molar-refractivity contribution in [2.75, 3.05) is 17.2 Å². The fraction of sp³-hybridized carbons (Fsp3) is 0.333. The normalized spacial score (nSPS) is 11.2. The number of nitro groups is 1. The van der Waals surface area contributed by atoms with E-state index < -0.39 is 4.92 Å². The Balaban J connectivity index is 2.59. The lowest BCUT2D eigenvalue weighted by atomic mass is 10.1. The van der Waals surface area contributed by atoms with Gasteiger partial charge in [-0.15, -0.1) is 6.58 Å². The second-order valence-corrected chi connectivity index (χ2v) is 5.90. The molecule has 116 valence electrons. The predicted molar refractivity (Wildman–Crippen MR) is 88.3 cm³/mol. The maximum absolute atomic E-state index is 11.0. The minimum absolute atomic E-state index is 0.0138. The Morgan fingerprint density at radius 1 is 1.36 bits per heavy atom. The molecule has 7 nitrogen and oxygen atoms in total. The summed E-state index contributed by atoms with van der Waals surface area (Å²) in [7, 11) is 0. The van der Waals surface area contributed by atoms with Gasteiger partial charge in [0.05, 0.1) is 10.4 Å². The summed E-state index contributed by atoms with van der Waals surface area (Å²) in [6.45, 7) is 10.2. The van der Waals surface area contributed by atoms with Gasteiger partial charge in [0.15, 0.2) is 0 Å². The summed E-state index contributed by atoms with van der Waals surface area (Å²) < 4.78 is 0. The maximum Gasteiger partial charge on any atom is 0.270 e. The van der Waals surface area contributed by atoms with E-state index in [1.165, 1.54) is 12.1 Å². The molecule has 0 saturated heterocycles. The molecule has 0 aliphatic carbocycles. The molecule has 1 aromatic heterocycles. The number of hydrogen-bond donors (Lipinski definition) is 2. The lowest BCUT2D eigenvalue weighted by Gasteiger charge is -2.22. The van der Waals surface area contributed by atoms with Gasteiger partial charge < -0.3 is 10.6 Å². The fourth-order valence-electron chi connectivity index (χ4n) is 1.92. The first kappa shape index (κ1) is 15.7. The van der Waals surface area contributed by atoms with Crippen LogP contribution >= 0.6 is 0 Å². The molecule has 0 saturated carbocycles. The quantitative estimate of drug-likeness (QED) is 0.500. The predicted octanol–water partition coefficient (Wildman–Crippen LogP) is 3.35. The van der Waals surface area contributed by atoms with Gasteiger partial charge in [-0.25, -0.2) is 4.98 Å². The fourth-order valence-corrected chi connectivity index (χ4v) is 1.92. The van der Waals surface area contributed by atoms with E-state index in [1.54, 1.807) is 12.1 Å². The van der Waals surface area contributed by atoms with Crippen molar-refractivity contribution in [1.29, 1.82) is 0 Å². The third-order valence-electron chi connectivity index (χ3n) is 2.79. The van der Waals surface area contributed by atoms with Gasteiger partial charge in [0, 0.05) is 29.6 Å². The number of nitrogens with one attached hydrogen (secondary N) is 2. The Labute approximate surface area is 128 Å². The van der Waals surface area contributed by atoms with Crippen molar-refractivity contribution < 1.29 is 4.92 Å². The van der Waals surface area contributed by atoms with Crippen LogP contribution in [0.15, 0.2) is 30.9 Å². The molecule has 7 heteroatoms. The van der Waals surface area contributed by atoms with Crippen LogP contribution in [-0.2, 0) is 0 Å². The van der Waals surface area contributed by atoms with Crippen LogP contribution in [-0.4, -0.2) is 27.0 Å². The minimum Gasteiger partial charge on any atom is -0.365 e. The van der Waals surface area contributed by atoms with Crippen molar-refractivity contribution in [3.05, 3.63) is 41.0 Å². The first-order valence-electron chi connectivity index (χ1n) is 6.89. The van der Waals surface area contributed by atoms with Gasteiger partial charge in [0.2, 0.25) is 5.95 Å². The number of benzene rings is 1. The molecular weight excluding hydrogens is 282 g/mol. The summed E-state index contributed by atoms with van der Waals surface area (Å²) in [5.41, 5.74) is 0.417. The summed E-state index contributed by atoms with van der Waals surface area (Å²) in [5, 5.41) is 17.9. The number of non-ortho nitro benzene ring substituents is 1. The number of anilines is 2. The summed E-state index contributed by atoms with van der Waals surface area (Å²) in [5.74, 6) is 1.01. The first-order valence-corrected chi connectivity index (χ1v) is 6.89. The molecule has 1 aromatic carbocycles. The van der Waals surface area contributed by atoms with Crippen LogP contribution in [0.2, 0.25) is 0 Å². The molecule has 2 rings (SSSR count). The van der Waals surface area contributed by atoms with E-state index in [-0.39, 0.29) is 11.2 Å². The average molecular weight is 301 g/mol. The van der Waals surface area contributed by atoms with E-state index in [1.807, 2.05) is 20.8 Å². The number of nitro benzene ring substituents is 1. The number of aromatic nitrogens is 2. The third kappa shape index (κ3) is 3.69. The molecule has 22 heavy (non-hydrogen) atoms.